The van der Waals surface area contributed by atoms with Crippen LogP contribution in [0.15, 0.2) is 41.4 Å². The molecule has 1 unspecified atom stereocenters. The molecule has 1 saturated carbocycles. The van der Waals surface area contributed by atoms with Crippen molar-refractivity contribution in [3.63, 3.8) is 0 Å². The number of rotatable bonds is 6. The number of benzene rings is 1. The lowest BCUT2D eigenvalue weighted by molar-refractivity contribution is -0.118. The van der Waals surface area contributed by atoms with Crippen molar-refractivity contribution in [1.82, 2.24) is 4.98 Å². The van der Waals surface area contributed by atoms with Gasteiger partial charge in [0, 0.05) is 22.4 Å². The van der Waals surface area contributed by atoms with E-state index in [1.54, 1.807) is 24.3 Å². The number of carbonyl (C=O) groups excluding carboxylic acids is 1. The fourth-order valence-electron chi connectivity index (χ4n) is 2.46. The molecule has 1 aliphatic rings. The van der Waals surface area contributed by atoms with Crippen molar-refractivity contribution in [3.05, 3.63) is 58.2 Å². The van der Waals surface area contributed by atoms with Crippen molar-refractivity contribution < 1.29 is 4.79 Å². The van der Waals surface area contributed by atoms with Gasteiger partial charge in [-0.15, -0.1) is 11.8 Å². The number of thioether (sulfide) groups is 1. The van der Waals surface area contributed by atoms with E-state index in [0.717, 1.165) is 24.1 Å². The number of amides is 1. The van der Waals surface area contributed by atoms with Crippen LogP contribution in [0.2, 0.25) is 5.02 Å². The summed E-state index contributed by atoms with van der Waals surface area (Å²) in [6, 6.07) is 13.0. The number of hydrogen-bond donors (Lipinski definition) is 1. The number of pyridine rings is 1. The van der Waals surface area contributed by atoms with Crippen molar-refractivity contribution in [3.8, 4) is 6.07 Å². The Morgan fingerprint density at radius 1 is 1.33 bits per heavy atom. The minimum Gasteiger partial charge on any atom is -0.369 e. The molecule has 0 bridgehead atoms. The number of nitrogens with two attached hydrogens (primary N) is 1. The monoisotopic (exact) mass is 357 g/mol. The van der Waals surface area contributed by atoms with E-state index in [2.05, 4.69) is 11.1 Å². The van der Waals surface area contributed by atoms with E-state index in [1.165, 1.54) is 11.8 Å². The highest BCUT2D eigenvalue weighted by atomic mass is 35.5. The molecule has 122 valence electrons. The highest BCUT2D eigenvalue weighted by Crippen LogP contribution is 2.40. The molecule has 1 aromatic carbocycles. The maximum Gasteiger partial charge on any atom is 0.225 e. The van der Waals surface area contributed by atoms with Gasteiger partial charge in [0.05, 0.1) is 11.5 Å². The lowest BCUT2D eigenvalue weighted by Crippen LogP contribution is -2.23. The molecule has 1 fully saturated rings. The van der Waals surface area contributed by atoms with Crippen LogP contribution in [0.1, 0.15) is 41.5 Å². The Kier molecular flexibility index (Phi) is 5.08. The first-order valence-corrected chi connectivity index (χ1v) is 9.03. The Morgan fingerprint density at radius 3 is 2.62 bits per heavy atom. The molecule has 3 rings (SSSR count). The molecule has 1 amide bonds. The number of primary amides is 1. The van der Waals surface area contributed by atoms with Crippen LogP contribution in [0.3, 0.4) is 0 Å². The fraction of sp³-hybridized carbons (Fsp3) is 0.278. The summed E-state index contributed by atoms with van der Waals surface area (Å²) in [6.45, 7) is 0. The summed E-state index contributed by atoms with van der Waals surface area (Å²) in [6.07, 6.45) is 2.30. The Labute approximate surface area is 150 Å². The first-order chi connectivity index (χ1) is 11.6. The molecule has 0 spiro atoms. The third-order valence-corrected chi connectivity index (χ3v) is 5.34. The quantitative estimate of drug-likeness (QED) is 0.796. The SMILES string of the molecule is N#Cc1ccc(C2CC2)nc1SCC(C(N)=O)c1ccc(Cl)cc1. The van der Waals surface area contributed by atoms with Crippen molar-refractivity contribution in [2.24, 2.45) is 5.73 Å². The first-order valence-electron chi connectivity index (χ1n) is 7.67. The van der Waals surface area contributed by atoms with Gasteiger partial charge in [-0.3, -0.25) is 4.79 Å². The van der Waals surface area contributed by atoms with Crippen LogP contribution >= 0.6 is 23.4 Å². The summed E-state index contributed by atoms with van der Waals surface area (Å²) in [4.78, 5) is 16.4. The highest BCUT2D eigenvalue weighted by molar-refractivity contribution is 7.99. The van der Waals surface area contributed by atoms with Gasteiger partial charge in [0.15, 0.2) is 0 Å². The number of halogens is 1. The van der Waals surface area contributed by atoms with Crippen LogP contribution in [-0.2, 0) is 4.79 Å². The molecular formula is C18H16ClN3OS. The zero-order valence-corrected chi connectivity index (χ0v) is 14.5. The molecule has 0 aliphatic heterocycles. The average molecular weight is 358 g/mol. The maximum absolute atomic E-state index is 11.8. The molecule has 24 heavy (non-hydrogen) atoms. The zero-order valence-electron chi connectivity index (χ0n) is 12.9. The van der Waals surface area contributed by atoms with Gasteiger partial charge >= 0.3 is 0 Å². The number of aromatic nitrogens is 1. The van der Waals surface area contributed by atoms with Gasteiger partial charge in [-0.05, 0) is 42.7 Å². The second kappa shape index (κ2) is 7.25. The van der Waals surface area contributed by atoms with Crippen molar-refractivity contribution in [2.45, 2.75) is 29.7 Å². The van der Waals surface area contributed by atoms with Gasteiger partial charge in [-0.1, -0.05) is 23.7 Å². The molecule has 0 saturated heterocycles. The van der Waals surface area contributed by atoms with Crippen molar-refractivity contribution in [1.29, 1.82) is 5.26 Å². The van der Waals surface area contributed by atoms with Gasteiger partial charge in [0.2, 0.25) is 5.91 Å². The molecular weight excluding hydrogens is 342 g/mol. The fourth-order valence-corrected chi connectivity index (χ4v) is 3.70. The van der Waals surface area contributed by atoms with Crippen molar-refractivity contribution >= 4 is 29.3 Å². The Morgan fingerprint density at radius 2 is 2.04 bits per heavy atom. The summed E-state index contributed by atoms with van der Waals surface area (Å²) >= 11 is 7.29. The molecule has 1 aromatic heterocycles. The van der Waals surface area contributed by atoms with Crippen LogP contribution in [0.25, 0.3) is 0 Å². The second-order valence-corrected chi connectivity index (χ2v) is 7.24. The molecule has 1 atom stereocenters. The molecule has 1 heterocycles. The molecule has 1 aliphatic carbocycles. The summed E-state index contributed by atoms with van der Waals surface area (Å²) < 4.78 is 0. The number of nitriles is 1. The normalized spacial score (nSPS) is 14.8. The van der Waals surface area contributed by atoms with Crippen molar-refractivity contribution in [2.75, 3.05) is 5.75 Å². The number of carbonyl (C=O) groups is 1. The molecule has 0 radical (unpaired) electrons. The molecule has 2 aromatic rings. The molecule has 4 nitrogen and oxygen atoms in total. The third kappa shape index (κ3) is 3.89. The number of nitrogens with zero attached hydrogens (tertiary/aromatic N) is 2. The van der Waals surface area contributed by atoms with E-state index < -0.39 is 11.8 Å². The van der Waals surface area contributed by atoms with Crippen LogP contribution in [0.4, 0.5) is 0 Å². The minimum atomic E-state index is -0.454. The Hall–Kier alpha value is -2.03. The summed E-state index contributed by atoms with van der Waals surface area (Å²) in [5.74, 6) is 0.0967. The molecule has 2 N–H and O–H groups in total. The predicted molar refractivity (Wildman–Crippen MR) is 95.0 cm³/mol. The smallest absolute Gasteiger partial charge is 0.225 e. The standard InChI is InChI=1S/C18H16ClN3OS/c19-14-6-3-11(4-7-14)15(17(21)23)10-24-18-13(9-20)5-8-16(22-18)12-1-2-12/h3-8,12,15H,1-2,10H2,(H2,21,23). The van der Waals surface area contributed by atoms with E-state index >= 15 is 0 Å². The minimum absolute atomic E-state index is 0.401. The highest BCUT2D eigenvalue weighted by Gasteiger charge is 2.26. The largest absolute Gasteiger partial charge is 0.369 e. The van der Waals surface area contributed by atoms with Gasteiger partial charge in [0.25, 0.3) is 0 Å². The first kappa shape index (κ1) is 16.8. The predicted octanol–water partition coefficient (Wildman–Crippen LogP) is 3.85. The van der Waals surface area contributed by atoms with Crippen LogP contribution in [0.5, 0.6) is 0 Å². The summed E-state index contributed by atoms with van der Waals surface area (Å²) in [5, 5.41) is 10.6. The average Bonchev–Trinajstić information content (AvgIpc) is 3.41. The Bertz CT molecular complexity index is 797. The molecule has 6 heteroatoms. The second-order valence-electron chi connectivity index (χ2n) is 5.79. The van der Waals surface area contributed by atoms with Crippen LogP contribution < -0.4 is 5.73 Å². The number of hydrogen-bond acceptors (Lipinski definition) is 4. The Balaban J connectivity index is 1.79. The van der Waals surface area contributed by atoms with Crippen LogP contribution in [0, 0.1) is 11.3 Å². The maximum atomic E-state index is 11.8. The van der Waals surface area contributed by atoms with E-state index in [-0.39, 0.29) is 0 Å². The lowest BCUT2D eigenvalue weighted by Gasteiger charge is -2.14. The zero-order chi connectivity index (χ0) is 17.1. The summed E-state index contributed by atoms with van der Waals surface area (Å²) in [7, 11) is 0. The van der Waals surface area contributed by atoms with E-state index in [1.807, 2.05) is 12.1 Å². The topological polar surface area (TPSA) is 79.8 Å². The lowest BCUT2D eigenvalue weighted by atomic mass is 10.0. The summed E-state index contributed by atoms with van der Waals surface area (Å²) in [5.41, 5.74) is 7.93. The van der Waals surface area contributed by atoms with E-state index in [0.29, 0.717) is 27.3 Å². The van der Waals surface area contributed by atoms with E-state index in [4.69, 9.17) is 17.3 Å². The van der Waals surface area contributed by atoms with Gasteiger partial charge in [-0.25, -0.2) is 4.98 Å². The van der Waals surface area contributed by atoms with Gasteiger partial charge < -0.3 is 5.73 Å². The van der Waals surface area contributed by atoms with Crippen LogP contribution in [-0.4, -0.2) is 16.6 Å². The van der Waals surface area contributed by atoms with Gasteiger partial charge in [-0.2, -0.15) is 5.26 Å². The van der Waals surface area contributed by atoms with E-state index in [9.17, 15) is 10.1 Å². The third-order valence-electron chi connectivity index (χ3n) is 4.00. The van der Waals surface area contributed by atoms with Gasteiger partial charge in [0.1, 0.15) is 11.1 Å².